The molecule has 0 radical (unpaired) electrons. The van der Waals surface area contributed by atoms with Gasteiger partial charge in [-0.3, -0.25) is 4.98 Å². The quantitative estimate of drug-likeness (QED) is 0.897. The van der Waals surface area contributed by atoms with Crippen LogP contribution in [0.5, 0.6) is 0 Å². The van der Waals surface area contributed by atoms with Crippen molar-refractivity contribution in [1.29, 1.82) is 0 Å². The van der Waals surface area contributed by atoms with E-state index in [1.54, 1.807) is 6.20 Å². The summed E-state index contributed by atoms with van der Waals surface area (Å²) in [6, 6.07) is 9.93. The molecular weight excluding hydrogens is 228 g/mol. The lowest BCUT2D eigenvalue weighted by atomic mass is 10.0. The summed E-state index contributed by atoms with van der Waals surface area (Å²) in [5.74, 6) is 0. The maximum Gasteiger partial charge on any atom is 0.159 e. The highest BCUT2D eigenvalue weighted by Gasteiger charge is 2.21. The Kier molecular flexibility index (Phi) is 3.23. The number of aromatic nitrogens is 1. The molecule has 2 heterocycles. The van der Waals surface area contributed by atoms with Crippen LogP contribution >= 0.6 is 0 Å². The highest BCUT2D eigenvalue weighted by atomic mass is 16.7. The first-order valence-electron chi connectivity index (χ1n) is 6.17. The largest absolute Gasteiger partial charge is 0.350 e. The fourth-order valence-electron chi connectivity index (χ4n) is 2.30. The average molecular weight is 244 g/mol. The van der Waals surface area contributed by atoms with E-state index >= 15 is 0 Å². The Balaban J connectivity index is 1.88. The molecule has 1 aliphatic rings. The third-order valence-corrected chi connectivity index (χ3v) is 3.20. The summed E-state index contributed by atoms with van der Waals surface area (Å²) < 4.78 is 10.9. The molecule has 1 saturated heterocycles. The van der Waals surface area contributed by atoms with Crippen molar-refractivity contribution in [3.63, 3.8) is 0 Å². The van der Waals surface area contributed by atoms with Crippen molar-refractivity contribution in [3.05, 3.63) is 42.1 Å². The van der Waals surface area contributed by atoms with Gasteiger partial charge in [0.1, 0.15) is 0 Å². The Morgan fingerprint density at radius 1 is 1.22 bits per heavy atom. The first-order chi connectivity index (χ1) is 8.84. The molecule has 0 spiro atoms. The van der Waals surface area contributed by atoms with Crippen LogP contribution in [0.15, 0.2) is 36.5 Å². The van der Waals surface area contributed by atoms with Crippen molar-refractivity contribution in [2.45, 2.75) is 18.8 Å². The Hall–Kier alpha value is -1.49. The van der Waals surface area contributed by atoms with Crippen molar-refractivity contribution < 1.29 is 9.47 Å². The van der Waals surface area contributed by atoms with Gasteiger partial charge in [0.2, 0.25) is 0 Å². The van der Waals surface area contributed by atoms with Gasteiger partial charge in [0.25, 0.3) is 0 Å². The molecule has 2 aromatic rings. The molecule has 2 N–H and O–H groups in total. The summed E-state index contributed by atoms with van der Waals surface area (Å²) in [5.41, 5.74) is 8.25. The van der Waals surface area contributed by atoms with E-state index in [0.29, 0.717) is 19.6 Å². The molecule has 4 nitrogen and oxygen atoms in total. The molecule has 1 fully saturated rings. The zero-order chi connectivity index (χ0) is 12.4. The van der Waals surface area contributed by atoms with Gasteiger partial charge >= 0.3 is 0 Å². The van der Waals surface area contributed by atoms with Crippen LogP contribution in [-0.2, 0) is 9.47 Å². The number of pyridine rings is 1. The monoisotopic (exact) mass is 244 g/mol. The predicted molar refractivity (Wildman–Crippen MR) is 69.0 cm³/mol. The number of benzene rings is 1. The van der Waals surface area contributed by atoms with Crippen LogP contribution < -0.4 is 5.73 Å². The minimum Gasteiger partial charge on any atom is -0.350 e. The van der Waals surface area contributed by atoms with Crippen LogP contribution in [0.1, 0.15) is 18.0 Å². The van der Waals surface area contributed by atoms with E-state index < -0.39 is 0 Å². The molecule has 18 heavy (non-hydrogen) atoms. The summed E-state index contributed by atoms with van der Waals surface area (Å²) in [4.78, 5) is 4.42. The van der Waals surface area contributed by atoms with E-state index in [2.05, 4.69) is 4.98 Å². The molecule has 3 rings (SSSR count). The maximum atomic E-state index is 6.24. The molecule has 1 atom stereocenters. The van der Waals surface area contributed by atoms with Crippen molar-refractivity contribution in [2.75, 3.05) is 13.2 Å². The van der Waals surface area contributed by atoms with Crippen LogP contribution in [0.3, 0.4) is 0 Å². The van der Waals surface area contributed by atoms with Gasteiger partial charge in [-0.25, -0.2) is 0 Å². The number of fused-ring (bicyclic) bond motifs is 1. The molecule has 0 aliphatic carbocycles. The van der Waals surface area contributed by atoms with Crippen molar-refractivity contribution in [2.24, 2.45) is 5.73 Å². The first kappa shape index (κ1) is 11.6. The molecule has 0 saturated carbocycles. The standard InChI is InChI=1S/C14H16N2O2/c15-12(9-13-17-7-8-18-13)11-5-1-3-10-4-2-6-16-14(10)11/h1-6,12-13H,7-9,15H2. The number of hydrogen-bond acceptors (Lipinski definition) is 4. The molecule has 4 heteroatoms. The van der Waals surface area contributed by atoms with Crippen LogP contribution in [0.2, 0.25) is 0 Å². The smallest absolute Gasteiger partial charge is 0.159 e. The van der Waals surface area contributed by atoms with Gasteiger partial charge in [0.05, 0.1) is 18.7 Å². The number of nitrogens with two attached hydrogens (primary N) is 1. The molecule has 1 aromatic carbocycles. The molecule has 94 valence electrons. The third kappa shape index (κ3) is 2.22. The highest BCUT2D eigenvalue weighted by Crippen LogP contribution is 2.25. The van der Waals surface area contributed by atoms with Gasteiger partial charge in [-0.2, -0.15) is 0 Å². The van der Waals surface area contributed by atoms with Crippen molar-refractivity contribution in [1.82, 2.24) is 4.98 Å². The fourth-order valence-corrected chi connectivity index (χ4v) is 2.30. The van der Waals surface area contributed by atoms with E-state index in [0.717, 1.165) is 16.5 Å². The molecular formula is C14H16N2O2. The summed E-state index contributed by atoms with van der Waals surface area (Å²) in [6.45, 7) is 1.32. The van der Waals surface area contributed by atoms with E-state index in [1.165, 1.54) is 0 Å². The second kappa shape index (κ2) is 5.02. The van der Waals surface area contributed by atoms with Crippen LogP contribution in [0.4, 0.5) is 0 Å². The number of para-hydroxylation sites is 1. The van der Waals surface area contributed by atoms with E-state index in [4.69, 9.17) is 15.2 Å². The molecule has 1 unspecified atom stereocenters. The predicted octanol–water partition coefficient (Wildman–Crippen LogP) is 2.00. The zero-order valence-electron chi connectivity index (χ0n) is 10.1. The summed E-state index contributed by atoms with van der Waals surface area (Å²) >= 11 is 0. The van der Waals surface area contributed by atoms with Crippen LogP contribution in [0, 0.1) is 0 Å². The van der Waals surface area contributed by atoms with E-state index in [-0.39, 0.29) is 12.3 Å². The Bertz CT molecular complexity index is 533. The number of rotatable bonds is 3. The first-order valence-corrected chi connectivity index (χ1v) is 6.17. The van der Waals surface area contributed by atoms with Crippen molar-refractivity contribution in [3.8, 4) is 0 Å². The summed E-state index contributed by atoms with van der Waals surface area (Å²) in [7, 11) is 0. The van der Waals surface area contributed by atoms with E-state index in [1.807, 2.05) is 30.3 Å². The normalized spacial score (nSPS) is 18.3. The lowest BCUT2D eigenvalue weighted by molar-refractivity contribution is -0.0507. The van der Waals surface area contributed by atoms with Crippen LogP contribution in [0.25, 0.3) is 10.9 Å². The Labute approximate surface area is 106 Å². The zero-order valence-corrected chi connectivity index (χ0v) is 10.1. The lowest BCUT2D eigenvalue weighted by Crippen LogP contribution is -2.19. The van der Waals surface area contributed by atoms with Gasteiger partial charge in [-0.05, 0) is 11.6 Å². The second-order valence-corrected chi connectivity index (χ2v) is 4.44. The van der Waals surface area contributed by atoms with Crippen molar-refractivity contribution >= 4 is 10.9 Å². The molecule has 0 amide bonds. The topological polar surface area (TPSA) is 57.4 Å². The number of nitrogens with zero attached hydrogens (tertiary/aromatic N) is 1. The minimum atomic E-state index is -0.182. The maximum absolute atomic E-state index is 6.24. The Morgan fingerprint density at radius 3 is 2.83 bits per heavy atom. The second-order valence-electron chi connectivity index (χ2n) is 4.44. The van der Waals surface area contributed by atoms with Gasteiger partial charge in [-0.15, -0.1) is 0 Å². The summed E-state index contributed by atoms with van der Waals surface area (Å²) in [6.07, 6.45) is 2.27. The van der Waals surface area contributed by atoms with E-state index in [9.17, 15) is 0 Å². The number of ether oxygens (including phenoxy) is 2. The molecule has 1 aliphatic heterocycles. The SMILES string of the molecule is NC(CC1OCCO1)c1cccc2cccnc12. The average Bonchev–Trinajstić information content (AvgIpc) is 2.91. The van der Waals surface area contributed by atoms with Crippen LogP contribution in [-0.4, -0.2) is 24.5 Å². The lowest BCUT2D eigenvalue weighted by Gasteiger charge is -2.17. The highest BCUT2D eigenvalue weighted by molar-refractivity contribution is 5.81. The third-order valence-electron chi connectivity index (χ3n) is 3.20. The fraction of sp³-hybridized carbons (Fsp3) is 0.357. The molecule has 1 aromatic heterocycles. The number of hydrogen-bond donors (Lipinski definition) is 1. The van der Waals surface area contributed by atoms with Gasteiger partial charge < -0.3 is 15.2 Å². The Morgan fingerprint density at radius 2 is 2.00 bits per heavy atom. The minimum absolute atomic E-state index is 0.119. The van der Waals surface area contributed by atoms with Gasteiger partial charge in [0, 0.05) is 24.0 Å². The molecule has 0 bridgehead atoms. The summed E-state index contributed by atoms with van der Waals surface area (Å²) in [5, 5.41) is 1.11. The van der Waals surface area contributed by atoms with Gasteiger partial charge in [-0.1, -0.05) is 24.3 Å². The van der Waals surface area contributed by atoms with Gasteiger partial charge in [0.15, 0.2) is 6.29 Å².